The van der Waals surface area contributed by atoms with Gasteiger partial charge in [-0.3, -0.25) is 9.59 Å². The van der Waals surface area contributed by atoms with E-state index in [1.54, 1.807) is 33.8 Å². The Kier molecular flexibility index (Phi) is 6.23. The molecular formula is C20H26FNO5. The highest BCUT2D eigenvalue weighted by Crippen LogP contribution is 2.33. The maximum absolute atomic E-state index is 13.6. The zero-order valence-electron chi connectivity index (χ0n) is 16.2. The van der Waals surface area contributed by atoms with E-state index in [0.29, 0.717) is 5.56 Å². The third-order valence-corrected chi connectivity index (χ3v) is 4.32. The lowest BCUT2D eigenvalue weighted by atomic mass is 9.74. The Labute approximate surface area is 158 Å². The summed E-state index contributed by atoms with van der Waals surface area (Å²) in [6, 6.07) is 5.73. The molecule has 1 atom stereocenters. The van der Waals surface area contributed by atoms with Crippen LogP contribution >= 0.6 is 0 Å². The van der Waals surface area contributed by atoms with E-state index >= 15 is 0 Å². The summed E-state index contributed by atoms with van der Waals surface area (Å²) in [5.74, 6) is -1.48. The summed E-state index contributed by atoms with van der Waals surface area (Å²) in [4.78, 5) is 39.4. The number of hydrogen-bond acceptors (Lipinski definition) is 5. The quantitative estimate of drug-likeness (QED) is 0.594. The molecule has 1 heterocycles. The predicted molar refractivity (Wildman–Crippen MR) is 96.6 cm³/mol. The zero-order valence-corrected chi connectivity index (χ0v) is 16.2. The summed E-state index contributed by atoms with van der Waals surface area (Å²) >= 11 is 0. The molecule has 1 unspecified atom stereocenters. The Morgan fingerprint density at radius 2 is 2.00 bits per heavy atom. The fourth-order valence-corrected chi connectivity index (χ4v) is 3.12. The van der Waals surface area contributed by atoms with Crippen LogP contribution in [0.1, 0.15) is 39.7 Å². The fourth-order valence-electron chi connectivity index (χ4n) is 3.12. The number of Topliss-reactive ketones (excluding diaryl/α,β-unsaturated/α-hetero) is 1. The predicted octanol–water partition coefficient (Wildman–Crippen LogP) is 3.13. The molecule has 0 saturated carbocycles. The van der Waals surface area contributed by atoms with Crippen LogP contribution in [-0.4, -0.2) is 48.0 Å². The standard InChI is InChI=1S/C20H26FNO5/c1-5-26-17(24)20(12-14-7-6-8-15(21)11-14)13-22(10-9-16(20)23)18(25)27-19(2,3)4/h6-8,11H,5,9-10,12-13H2,1-4H3. The van der Waals surface area contributed by atoms with Crippen LogP contribution < -0.4 is 0 Å². The second kappa shape index (κ2) is 8.06. The molecule has 0 spiro atoms. The van der Waals surface area contributed by atoms with Crippen molar-refractivity contribution in [2.45, 2.75) is 46.1 Å². The number of likely N-dealkylation sites (tertiary alicyclic amines) is 1. The van der Waals surface area contributed by atoms with Gasteiger partial charge in [0.15, 0.2) is 5.78 Å². The van der Waals surface area contributed by atoms with E-state index < -0.39 is 28.9 Å². The average molecular weight is 379 g/mol. The van der Waals surface area contributed by atoms with E-state index in [1.165, 1.54) is 23.1 Å². The summed E-state index contributed by atoms with van der Waals surface area (Å²) in [6.07, 6.45) is -0.627. The van der Waals surface area contributed by atoms with Crippen molar-refractivity contribution < 1.29 is 28.2 Å². The van der Waals surface area contributed by atoms with Gasteiger partial charge in [0.1, 0.15) is 16.8 Å². The highest BCUT2D eigenvalue weighted by Gasteiger charge is 2.51. The lowest BCUT2D eigenvalue weighted by Crippen LogP contribution is -2.57. The summed E-state index contributed by atoms with van der Waals surface area (Å²) in [5.41, 5.74) is -1.78. The number of hydrogen-bond donors (Lipinski definition) is 0. The molecule has 1 aromatic carbocycles. The summed E-state index contributed by atoms with van der Waals surface area (Å²) in [7, 11) is 0. The molecule has 27 heavy (non-hydrogen) atoms. The number of esters is 1. The van der Waals surface area contributed by atoms with Gasteiger partial charge in [0.2, 0.25) is 0 Å². The van der Waals surface area contributed by atoms with Crippen LogP contribution in [0.5, 0.6) is 0 Å². The van der Waals surface area contributed by atoms with Gasteiger partial charge in [0.25, 0.3) is 0 Å². The molecule has 0 N–H and O–H groups in total. The first-order valence-corrected chi connectivity index (χ1v) is 9.00. The topological polar surface area (TPSA) is 72.9 Å². The molecule has 1 saturated heterocycles. The SMILES string of the molecule is CCOC(=O)C1(Cc2cccc(F)c2)CN(C(=O)OC(C)(C)C)CCC1=O. The van der Waals surface area contributed by atoms with Gasteiger partial charge in [-0.25, -0.2) is 9.18 Å². The van der Waals surface area contributed by atoms with E-state index in [0.717, 1.165) is 0 Å². The van der Waals surface area contributed by atoms with E-state index in [9.17, 15) is 18.8 Å². The second-order valence-corrected chi connectivity index (χ2v) is 7.68. The number of carbonyl (C=O) groups excluding carboxylic acids is 3. The van der Waals surface area contributed by atoms with Gasteiger partial charge in [-0.15, -0.1) is 0 Å². The highest BCUT2D eigenvalue weighted by atomic mass is 19.1. The van der Waals surface area contributed by atoms with E-state index in [2.05, 4.69) is 0 Å². The van der Waals surface area contributed by atoms with Crippen molar-refractivity contribution in [1.29, 1.82) is 0 Å². The zero-order chi connectivity index (χ0) is 20.2. The third kappa shape index (κ3) is 5.05. The van der Waals surface area contributed by atoms with Crippen molar-refractivity contribution >= 4 is 17.8 Å². The van der Waals surface area contributed by atoms with Crippen LogP contribution in [0.15, 0.2) is 24.3 Å². The van der Waals surface area contributed by atoms with Crippen LogP contribution in [0.2, 0.25) is 0 Å². The molecule has 1 amide bonds. The monoisotopic (exact) mass is 379 g/mol. The Balaban J connectivity index is 2.35. The maximum atomic E-state index is 13.6. The van der Waals surface area contributed by atoms with Crippen molar-refractivity contribution in [1.82, 2.24) is 4.90 Å². The van der Waals surface area contributed by atoms with E-state index in [1.807, 2.05) is 0 Å². The number of benzene rings is 1. The molecule has 1 aliphatic heterocycles. The van der Waals surface area contributed by atoms with Crippen LogP contribution in [0.25, 0.3) is 0 Å². The Bertz CT molecular complexity index is 727. The Morgan fingerprint density at radius 3 is 2.59 bits per heavy atom. The minimum atomic E-state index is -1.57. The maximum Gasteiger partial charge on any atom is 0.410 e. The Hall–Kier alpha value is -2.44. The van der Waals surface area contributed by atoms with Crippen LogP contribution in [0, 0.1) is 11.2 Å². The molecule has 6 nitrogen and oxygen atoms in total. The minimum Gasteiger partial charge on any atom is -0.465 e. The van der Waals surface area contributed by atoms with Crippen molar-refractivity contribution in [3.63, 3.8) is 0 Å². The van der Waals surface area contributed by atoms with Crippen molar-refractivity contribution in [3.05, 3.63) is 35.6 Å². The van der Waals surface area contributed by atoms with E-state index in [-0.39, 0.29) is 38.3 Å². The Morgan fingerprint density at radius 1 is 1.30 bits per heavy atom. The number of piperidine rings is 1. The lowest BCUT2D eigenvalue weighted by molar-refractivity contribution is -0.163. The van der Waals surface area contributed by atoms with Crippen molar-refractivity contribution in [2.24, 2.45) is 5.41 Å². The number of ether oxygens (including phenoxy) is 2. The smallest absolute Gasteiger partial charge is 0.410 e. The first-order valence-electron chi connectivity index (χ1n) is 9.00. The van der Waals surface area contributed by atoms with Crippen LogP contribution in [0.3, 0.4) is 0 Å². The van der Waals surface area contributed by atoms with Gasteiger partial charge in [0, 0.05) is 19.5 Å². The fraction of sp³-hybridized carbons (Fsp3) is 0.550. The molecule has 0 bridgehead atoms. The first-order chi connectivity index (χ1) is 12.6. The van der Waals surface area contributed by atoms with Crippen LogP contribution in [-0.2, 0) is 25.5 Å². The molecule has 0 aliphatic carbocycles. The number of nitrogens with zero attached hydrogens (tertiary/aromatic N) is 1. The lowest BCUT2D eigenvalue weighted by Gasteiger charge is -2.40. The molecular weight excluding hydrogens is 353 g/mol. The van der Waals surface area contributed by atoms with Gasteiger partial charge in [-0.1, -0.05) is 12.1 Å². The number of amides is 1. The molecule has 1 fully saturated rings. The molecule has 0 aromatic heterocycles. The third-order valence-electron chi connectivity index (χ3n) is 4.32. The van der Waals surface area contributed by atoms with Gasteiger partial charge < -0.3 is 14.4 Å². The normalized spacial score (nSPS) is 20.3. The number of carbonyl (C=O) groups is 3. The minimum absolute atomic E-state index is 0.00731. The molecule has 148 valence electrons. The van der Waals surface area contributed by atoms with E-state index in [4.69, 9.17) is 9.47 Å². The molecule has 2 rings (SSSR count). The first kappa shape index (κ1) is 20.9. The number of ketones is 1. The molecule has 1 aromatic rings. The highest BCUT2D eigenvalue weighted by molar-refractivity contribution is 6.05. The van der Waals surface area contributed by atoms with Crippen LogP contribution in [0.4, 0.5) is 9.18 Å². The summed E-state index contributed by atoms with van der Waals surface area (Å²) in [5, 5.41) is 0. The van der Waals surface area contributed by atoms with Crippen molar-refractivity contribution in [3.8, 4) is 0 Å². The van der Waals surface area contributed by atoms with Crippen molar-refractivity contribution in [2.75, 3.05) is 19.7 Å². The summed E-state index contributed by atoms with van der Waals surface area (Å²) in [6.45, 7) is 6.98. The number of halogens is 1. The molecule has 0 radical (unpaired) electrons. The average Bonchev–Trinajstić information content (AvgIpc) is 2.55. The van der Waals surface area contributed by atoms with Gasteiger partial charge >= 0.3 is 12.1 Å². The van der Waals surface area contributed by atoms with Gasteiger partial charge in [-0.05, 0) is 51.8 Å². The largest absolute Gasteiger partial charge is 0.465 e. The number of rotatable bonds is 4. The van der Waals surface area contributed by atoms with Gasteiger partial charge in [0.05, 0.1) is 6.61 Å². The molecule has 7 heteroatoms. The summed E-state index contributed by atoms with van der Waals surface area (Å²) < 4.78 is 24.1. The molecule has 1 aliphatic rings. The van der Waals surface area contributed by atoms with Gasteiger partial charge in [-0.2, -0.15) is 0 Å². The second-order valence-electron chi connectivity index (χ2n) is 7.68.